The van der Waals surface area contributed by atoms with Crippen LogP contribution in [0.5, 0.6) is 0 Å². The van der Waals surface area contributed by atoms with Crippen molar-refractivity contribution in [3.05, 3.63) is 68.6 Å². The second kappa shape index (κ2) is 7.63. The van der Waals surface area contributed by atoms with Crippen molar-refractivity contribution in [3.63, 3.8) is 0 Å². The first kappa shape index (κ1) is 20.5. The molecule has 1 amide bonds. The molecule has 7 nitrogen and oxygen atoms in total. The van der Waals surface area contributed by atoms with Crippen LogP contribution in [0.2, 0.25) is 0 Å². The van der Waals surface area contributed by atoms with Crippen LogP contribution < -0.4 is 16.6 Å². The zero-order chi connectivity index (χ0) is 22.6. The number of thiophene rings is 1. The number of nitrogen functional groups attached to an aromatic ring is 1. The smallest absolute Gasteiger partial charge is 0.295 e. The molecular formula is C24H25N5O2S. The first-order chi connectivity index (χ1) is 15.3. The summed E-state index contributed by atoms with van der Waals surface area (Å²) in [5, 5.41) is 3.63. The van der Waals surface area contributed by atoms with Crippen LogP contribution in [0.1, 0.15) is 40.0 Å². The number of nitrogens with zero attached hydrogens (tertiary/aromatic N) is 3. The van der Waals surface area contributed by atoms with Gasteiger partial charge in [-0.05, 0) is 55.9 Å². The molecule has 1 aromatic carbocycles. The van der Waals surface area contributed by atoms with E-state index in [0.717, 1.165) is 40.9 Å². The fourth-order valence-corrected chi connectivity index (χ4v) is 5.42. The molecule has 0 fully saturated rings. The van der Waals surface area contributed by atoms with E-state index in [2.05, 4.69) is 18.3 Å². The molecule has 164 valence electrons. The Morgan fingerprint density at radius 2 is 2.03 bits per heavy atom. The van der Waals surface area contributed by atoms with Crippen LogP contribution >= 0.6 is 11.3 Å². The first-order valence-electron chi connectivity index (χ1n) is 10.7. The van der Waals surface area contributed by atoms with Gasteiger partial charge >= 0.3 is 0 Å². The Hall–Kier alpha value is -3.39. The van der Waals surface area contributed by atoms with E-state index in [1.54, 1.807) is 11.7 Å². The maximum Gasteiger partial charge on any atom is 0.295 e. The third kappa shape index (κ3) is 3.22. The van der Waals surface area contributed by atoms with Gasteiger partial charge in [-0.25, -0.2) is 9.67 Å². The molecule has 0 saturated heterocycles. The quantitative estimate of drug-likeness (QED) is 0.495. The van der Waals surface area contributed by atoms with Gasteiger partial charge in [-0.15, -0.1) is 11.3 Å². The first-order valence-corrected chi connectivity index (χ1v) is 11.5. The van der Waals surface area contributed by atoms with Gasteiger partial charge in [-0.2, -0.15) is 0 Å². The van der Waals surface area contributed by atoms with Crippen LogP contribution in [-0.4, -0.2) is 20.3 Å². The van der Waals surface area contributed by atoms with Crippen molar-refractivity contribution in [2.45, 2.75) is 33.1 Å². The molecule has 0 bridgehead atoms. The van der Waals surface area contributed by atoms with Crippen LogP contribution in [0.4, 0.5) is 11.4 Å². The fourth-order valence-electron chi connectivity index (χ4n) is 4.42. The Balaban J connectivity index is 1.52. The molecule has 0 radical (unpaired) electrons. The third-order valence-electron chi connectivity index (χ3n) is 6.33. The molecule has 0 saturated carbocycles. The summed E-state index contributed by atoms with van der Waals surface area (Å²) in [5.74, 6) is 0.236. The number of aromatic nitrogens is 3. The third-order valence-corrected chi connectivity index (χ3v) is 7.44. The van der Waals surface area contributed by atoms with Crippen LogP contribution in [0.15, 0.2) is 41.2 Å². The number of para-hydroxylation sites is 1. The minimum atomic E-state index is -0.386. The molecule has 8 heteroatoms. The number of carbonyl (C=O) groups excluding carboxylic acids is 1. The number of hydrogen-bond acceptors (Lipinski definition) is 5. The second-order valence-corrected chi connectivity index (χ2v) is 9.53. The van der Waals surface area contributed by atoms with E-state index in [9.17, 15) is 9.59 Å². The summed E-state index contributed by atoms with van der Waals surface area (Å²) in [4.78, 5) is 32.3. The van der Waals surface area contributed by atoms with Gasteiger partial charge in [0, 0.05) is 18.1 Å². The molecule has 5 rings (SSSR count). The second-order valence-electron chi connectivity index (χ2n) is 8.53. The lowest BCUT2D eigenvalue weighted by atomic mass is 9.87. The van der Waals surface area contributed by atoms with Crippen LogP contribution in [0, 0.1) is 12.8 Å². The maximum absolute atomic E-state index is 13.2. The van der Waals surface area contributed by atoms with Crippen molar-refractivity contribution in [1.29, 1.82) is 0 Å². The Morgan fingerprint density at radius 3 is 2.78 bits per heavy atom. The highest BCUT2D eigenvalue weighted by Gasteiger charge is 2.24. The van der Waals surface area contributed by atoms with Gasteiger partial charge in [-0.1, -0.05) is 25.1 Å². The number of hydrogen-bond donors (Lipinski definition) is 2. The Labute approximate surface area is 189 Å². The highest BCUT2D eigenvalue weighted by atomic mass is 32.1. The summed E-state index contributed by atoms with van der Waals surface area (Å²) in [6, 6.07) is 11.4. The molecule has 4 aromatic rings. The van der Waals surface area contributed by atoms with Crippen molar-refractivity contribution in [2.75, 3.05) is 11.1 Å². The van der Waals surface area contributed by atoms with E-state index in [1.807, 2.05) is 37.3 Å². The van der Waals surface area contributed by atoms with Gasteiger partial charge in [-0.3, -0.25) is 14.3 Å². The molecule has 3 heterocycles. The molecule has 1 atom stereocenters. The SMILES string of the molecule is Cc1c(NC(=O)c2sc3nc4c(cc3c2N)CC(C)CC4)c(=O)n(-c2ccccc2)n1C. The van der Waals surface area contributed by atoms with E-state index in [1.165, 1.54) is 21.6 Å². The number of aryl methyl sites for hydroxylation is 1. The molecule has 3 aromatic heterocycles. The summed E-state index contributed by atoms with van der Waals surface area (Å²) < 4.78 is 3.27. The largest absolute Gasteiger partial charge is 0.397 e. The number of nitrogens with two attached hydrogens (primary N) is 1. The number of rotatable bonds is 3. The predicted molar refractivity (Wildman–Crippen MR) is 129 cm³/mol. The van der Waals surface area contributed by atoms with Crippen molar-refractivity contribution in [2.24, 2.45) is 13.0 Å². The standard InChI is InChI=1S/C24H25N5O2S/c1-13-9-10-18-15(11-13)12-17-19(25)21(32-23(17)26-18)22(30)27-20-14(2)28(3)29(24(20)31)16-7-5-4-6-8-16/h4-8,12-13H,9-11,25H2,1-3H3,(H,27,30). The Kier molecular flexibility index (Phi) is 4.89. The molecule has 1 aliphatic carbocycles. The van der Waals surface area contributed by atoms with Crippen molar-refractivity contribution in [3.8, 4) is 5.69 Å². The molecule has 32 heavy (non-hydrogen) atoms. The van der Waals surface area contributed by atoms with Gasteiger partial charge in [0.2, 0.25) is 0 Å². The number of fused-ring (bicyclic) bond motifs is 2. The Morgan fingerprint density at radius 1 is 1.28 bits per heavy atom. The van der Waals surface area contributed by atoms with E-state index in [4.69, 9.17) is 10.7 Å². The van der Waals surface area contributed by atoms with E-state index >= 15 is 0 Å². The number of benzene rings is 1. The van der Waals surface area contributed by atoms with Crippen molar-refractivity contribution in [1.82, 2.24) is 14.3 Å². The number of nitrogens with one attached hydrogen (secondary N) is 1. The van der Waals surface area contributed by atoms with E-state index in [0.29, 0.717) is 22.2 Å². The monoisotopic (exact) mass is 447 g/mol. The van der Waals surface area contributed by atoms with Crippen LogP contribution in [-0.2, 0) is 19.9 Å². The van der Waals surface area contributed by atoms with Crippen molar-refractivity contribution < 1.29 is 4.79 Å². The zero-order valence-electron chi connectivity index (χ0n) is 18.3. The normalized spacial score (nSPS) is 15.7. The van der Waals surface area contributed by atoms with Gasteiger partial charge in [0.1, 0.15) is 15.4 Å². The minimum Gasteiger partial charge on any atom is -0.397 e. The van der Waals surface area contributed by atoms with Crippen LogP contribution in [0.25, 0.3) is 15.9 Å². The highest BCUT2D eigenvalue weighted by molar-refractivity contribution is 7.21. The zero-order valence-corrected chi connectivity index (χ0v) is 19.1. The number of carbonyl (C=O) groups is 1. The maximum atomic E-state index is 13.2. The molecular weight excluding hydrogens is 422 g/mol. The molecule has 0 spiro atoms. The van der Waals surface area contributed by atoms with Crippen molar-refractivity contribution >= 4 is 38.8 Å². The summed E-state index contributed by atoms with van der Waals surface area (Å²) in [5.41, 5.74) is 10.5. The lowest BCUT2D eigenvalue weighted by Crippen LogP contribution is -2.22. The molecule has 1 unspecified atom stereocenters. The highest BCUT2D eigenvalue weighted by Crippen LogP contribution is 2.36. The summed E-state index contributed by atoms with van der Waals surface area (Å²) >= 11 is 1.28. The molecule has 3 N–H and O–H groups in total. The average Bonchev–Trinajstić information content (AvgIpc) is 3.21. The predicted octanol–water partition coefficient (Wildman–Crippen LogP) is 4.05. The van der Waals surface area contributed by atoms with Crippen LogP contribution in [0.3, 0.4) is 0 Å². The number of amides is 1. The van der Waals surface area contributed by atoms with Gasteiger partial charge < -0.3 is 11.1 Å². The molecule has 1 aliphatic rings. The topological polar surface area (TPSA) is 94.9 Å². The van der Waals surface area contributed by atoms with Gasteiger partial charge in [0.05, 0.1) is 17.1 Å². The van der Waals surface area contributed by atoms with Gasteiger partial charge in [0.15, 0.2) is 0 Å². The number of anilines is 2. The molecule has 0 aliphatic heterocycles. The summed E-state index contributed by atoms with van der Waals surface area (Å²) in [6.45, 7) is 4.05. The lowest BCUT2D eigenvalue weighted by molar-refractivity contribution is 0.103. The van der Waals surface area contributed by atoms with Gasteiger partial charge in [0.25, 0.3) is 11.5 Å². The summed E-state index contributed by atoms with van der Waals surface area (Å²) in [6.07, 6.45) is 3.06. The lowest BCUT2D eigenvalue weighted by Gasteiger charge is -2.20. The van der Waals surface area contributed by atoms with E-state index in [-0.39, 0.29) is 17.2 Å². The minimum absolute atomic E-state index is 0.249. The Bertz CT molecular complexity index is 1410. The number of pyridine rings is 1. The van der Waals surface area contributed by atoms with E-state index < -0.39 is 0 Å². The fraction of sp³-hybridized carbons (Fsp3) is 0.292. The summed E-state index contributed by atoms with van der Waals surface area (Å²) in [7, 11) is 1.79. The average molecular weight is 448 g/mol.